The summed E-state index contributed by atoms with van der Waals surface area (Å²) in [6.07, 6.45) is 8.82. The fraction of sp³-hybridized carbons (Fsp3) is 0.692. The van der Waals surface area contributed by atoms with Crippen molar-refractivity contribution in [1.82, 2.24) is 10.2 Å². The first-order valence-electron chi connectivity index (χ1n) is 6.60. The van der Waals surface area contributed by atoms with Crippen molar-refractivity contribution < 1.29 is 14.7 Å². The van der Waals surface area contributed by atoms with Crippen LogP contribution in [0.4, 0.5) is 4.79 Å². The Bertz CT molecular complexity index is 354. The highest BCUT2D eigenvalue weighted by molar-refractivity contribution is 5.83. The van der Waals surface area contributed by atoms with E-state index in [4.69, 9.17) is 5.11 Å². The lowest BCUT2D eigenvalue weighted by Gasteiger charge is -2.24. The number of hydrogen-bond donors (Lipinski definition) is 2. The zero-order chi connectivity index (χ0) is 13.0. The highest BCUT2D eigenvalue weighted by Gasteiger charge is 2.33. The van der Waals surface area contributed by atoms with Gasteiger partial charge in [-0.2, -0.15) is 0 Å². The number of hydrogen-bond acceptors (Lipinski definition) is 2. The lowest BCUT2D eigenvalue weighted by atomic mass is 9.94. The van der Waals surface area contributed by atoms with Crippen LogP contribution >= 0.6 is 0 Å². The fourth-order valence-corrected chi connectivity index (χ4v) is 2.64. The molecule has 0 spiro atoms. The van der Waals surface area contributed by atoms with Crippen LogP contribution in [0.25, 0.3) is 0 Å². The van der Waals surface area contributed by atoms with Gasteiger partial charge in [-0.25, -0.2) is 9.59 Å². The number of likely N-dealkylation sites (tertiary alicyclic amines) is 1. The van der Waals surface area contributed by atoms with Crippen molar-refractivity contribution in [2.24, 2.45) is 5.92 Å². The summed E-state index contributed by atoms with van der Waals surface area (Å²) in [4.78, 5) is 24.4. The van der Waals surface area contributed by atoms with Gasteiger partial charge in [0.2, 0.25) is 0 Å². The summed E-state index contributed by atoms with van der Waals surface area (Å²) < 4.78 is 0. The van der Waals surface area contributed by atoms with Gasteiger partial charge in [0, 0.05) is 13.1 Å². The van der Waals surface area contributed by atoms with Crippen molar-refractivity contribution >= 4 is 12.0 Å². The van der Waals surface area contributed by atoms with E-state index in [0.29, 0.717) is 25.4 Å². The molecule has 2 N–H and O–H groups in total. The molecule has 18 heavy (non-hydrogen) atoms. The monoisotopic (exact) mass is 252 g/mol. The molecule has 2 amide bonds. The Morgan fingerprint density at radius 2 is 2.17 bits per heavy atom. The smallest absolute Gasteiger partial charge is 0.326 e. The molecule has 2 atom stereocenters. The molecule has 0 saturated carbocycles. The summed E-state index contributed by atoms with van der Waals surface area (Å²) in [6.45, 7) is 1.19. The predicted molar refractivity (Wildman–Crippen MR) is 67.2 cm³/mol. The first-order valence-corrected chi connectivity index (χ1v) is 6.60. The number of carbonyl (C=O) groups is 2. The summed E-state index contributed by atoms with van der Waals surface area (Å²) in [6, 6.07) is -0.870. The quantitative estimate of drug-likeness (QED) is 0.750. The lowest BCUT2D eigenvalue weighted by Crippen LogP contribution is -2.47. The second kappa shape index (κ2) is 5.89. The molecule has 5 nitrogen and oxygen atoms in total. The molecule has 5 heteroatoms. The molecule has 2 aliphatic rings. The van der Waals surface area contributed by atoms with Gasteiger partial charge in [-0.1, -0.05) is 12.2 Å². The van der Waals surface area contributed by atoms with Gasteiger partial charge >= 0.3 is 12.0 Å². The number of nitrogens with one attached hydrogen (secondary N) is 1. The maximum atomic E-state index is 11.9. The van der Waals surface area contributed by atoms with Gasteiger partial charge in [0.15, 0.2) is 0 Å². The molecule has 2 unspecified atom stereocenters. The van der Waals surface area contributed by atoms with Crippen molar-refractivity contribution in [3.63, 3.8) is 0 Å². The second-order valence-corrected chi connectivity index (χ2v) is 5.03. The number of aliphatic carboxylic acids is 1. The van der Waals surface area contributed by atoms with E-state index in [1.54, 1.807) is 0 Å². The van der Waals surface area contributed by atoms with E-state index in [1.165, 1.54) is 4.90 Å². The van der Waals surface area contributed by atoms with Crippen LogP contribution in [0.1, 0.15) is 32.1 Å². The van der Waals surface area contributed by atoms with Gasteiger partial charge in [0.1, 0.15) is 6.04 Å². The number of carbonyl (C=O) groups excluding carboxylic acids is 1. The Morgan fingerprint density at radius 1 is 1.33 bits per heavy atom. The van der Waals surface area contributed by atoms with Gasteiger partial charge < -0.3 is 15.3 Å². The normalized spacial score (nSPS) is 27.2. The van der Waals surface area contributed by atoms with E-state index in [9.17, 15) is 9.59 Å². The third kappa shape index (κ3) is 3.03. The third-order valence-electron chi connectivity index (χ3n) is 3.72. The van der Waals surface area contributed by atoms with Crippen molar-refractivity contribution in [3.05, 3.63) is 12.2 Å². The number of allylic oxidation sites excluding steroid dienone is 2. The van der Waals surface area contributed by atoms with Crippen molar-refractivity contribution in [1.29, 1.82) is 0 Å². The Kier molecular flexibility index (Phi) is 4.23. The van der Waals surface area contributed by atoms with Gasteiger partial charge in [-0.3, -0.25) is 0 Å². The summed E-state index contributed by atoms with van der Waals surface area (Å²) in [5, 5.41) is 11.9. The maximum absolute atomic E-state index is 11.9. The molecule has 0 bridgehead atoms. The zero-order valence-corrected chi connectivity index (χ0v) is 10.5. The van der Waals surface area contributed by atoms with Crippen molar-refractivity contribution in [2.45, 2.75) is 38.1 Å². The number of carboxylic acids is 1. The number of nitrogens with zero attached hydrogens (tertiary/aromatic N) is 1. The van der Waals surface area contributed by atoms with Crippen LogP contribution in [0.15, 0.2) is 12.2 Å². The van der Waals surface area contributed by atoms with Crippen LogP contribution in [0, 0.1) is 5.92 Å². The van der Waals surface area contributed by atoms with Crippen molar-refractivity contribution in [2.75, 3.05) is 13.1 Å². The van der Waals surface area contributed by atoms with Gasteiger partial charge in [0.25, 0.3) is 0 Å². The molecule has 0 radical (unpaired) electrons. The highest BCUT2D eigenvalue weighted by Crippen LogP contribution is 2.19. The molecule has 100 valence electrons. The maximum Gasteiger partial charge on any atom is 0.326 e. The number of amides is 2. The van der Waals surface area contributed by atoms with Gasteiger partial charge in [-0.05, 0) is 38.0 Å². The van der Waals surface area contributed by atoms with Crippen LogP contribution < -0.4 is 5.32 Å². The van der Waals surface area contributed by atoms with E-state index in [0.717, 1.165) is 25.7 Å². The Balaban J connectivity index is 1.80. The fourth-order valence-electron chi connectivity index (χ4n) is 2.64. The first kappa shape index (κ1) is 12.9. The molecule has 1 aliphatic heterocycles. The lowest BCUT2D eigenvalue weighted by molar-refractivity contribution is -0.141. The highest BCUT2D eigenvalue weighted by atomic mass is 16.4. The standard InChI is InChI=1S/C13H20N2O3/c16-12(17)11-7-4-8-15(11)13(18)14-9-10-5-2-1-3-6-10/h1-2,10-11H,3-9H2,(H,14,18)(H,16,17). The van der Waals surface area contributed by atoms with Crippen LogP contribution in [0.5, 0.6) is 0 Å². The largest absolute Gasteiger partial charge is 0.480 e. The average molecular weight is 252 g/mol. The van der Waals surface area contributed by atoms with Crippen LogP contribution in [-0.2, 0) is 4.79 Å². The molecule has 0 aromatic rings. The minimum absolute atomic E-state index is 0.227. The Labute approximate surface area is 107 Å². The summed E-state index contributed by atoms with van der Waals surface area (Å²) >= 11 is 0. The topological polar surface area (TPSA) is 69.6 Å². The number of urea groups is 1. The SMILES string of the molecule is O=C(O)C1CCCN1C(=O)NCC1CC=CCC1. The third-order valence-corrected chi connectivity index (χ3v) is 3.72. The minimum Gasteiger partial charge on any atom is -0.480 e. The zero-order valence-electron chi connectivity index (χ0n) is 10.5. The molecule has 0 aromatic heterocycles. The van der Waals surface area contributed by atoms with Crippen molar-refractivity contribution in [3.8, 4) is 0 Å². The molecule has 0 aromatic carbocycles. The molecule has 1 fully saturated rings. The van der Waals surface area contributed by atoms with Gasteiger partial charge in [-0.15, -0.1) is 0 Å². The Morgan fingerprint density at radius 3 is 2.83 bits per heavy atom. The minimum atomic E-state index is -0.900. The van der Waals surface area contributed by atoms with E-state index < -0.39 is 12.0 Å². The molecule has 1 heterocycles. The van der Waals surface area contributed by atoms with E-state index >= 15 is 0 Å². The number of rotatable bonds is 3. The van der Waals surface area contributed by atoms with Crippen LogP contribution in [0.3, 0.4) is 0 Å². The number of carboxylic acid groups (broad SMARTS) is 1. The molecular weight excluding hydrogens is 232 g/mol. The van der Waals surface area contributed by atoms with E-state index in [-0.39, 0.29) is 6.03 Å². The average Bonchev–Trinajstić information content (AvgIpc) is 2.86. The van der Waals surface area contributed by atoms with Crippen LogP contribution in [-0.4, -0.2) is 41.1 Å². The summed E-state index contributed by atoms with van der Waals surface area (Å²) in [7, 11) is 0. The summed E-state index contributed by atoms with van der Waals surface area (Å²) in [5.41, 5.74) is 0. The second-order valence-electron chi connectivity index (χ2n) is 5.03. The predicted octanol–water partition coefficient (Wildman–Crippen LogP) is 1.60. The van der Waals surface area contributed by atoms with E-state index in [1.807, 2.05) is 0 Å². The van der Waals surface area contributed by atoms with E-state index in [2.05, 4.69) is 17.5 Å². The van der Waals surface area contributed by atoms with Gasteiger partial charge in [0.05, 0.1) is 0 Å². The molecular formula is C13H20N2O3. The molecule has 1 aliphatic carbocycles. The molecule has 2 rings (SSSR count). The Hall–Kier alpha value is -1.52. The van der Waals surface area contributed by atoms with Crippen LogP contribution in [0.2, 0.25) is 0 Å². The summed E-state index contributed by atoms with van der Waals surface area (Å²) in [5.74, 6) is -0.409. The first-order chi connectivity index (χ1) is 8.68. The molecule has 1 saturated heterocycles.